The van der Waals surface area contributed by atoms with Gasteiger partial charge in [0.2, 0.25) is 0 Å². The van der Waals surface area contributed by atoms with Gasteiger partial charge >= 0.3 is 0 Å². The minimum atomic E-state index is -1.44. The molecule has 1 nitrogen and oxygen atoms in total. The Hall–Kier alpha value is -1.11. The van der Waals surface area contributed by atoms with Crippen LogP contribution in [0.2, 0.25) is 5.02 Å². The summed E-state index contributed by atoms with van der Waals surface area (Å²) in [6.07, 6.45) is 0. The van der Waals surface area contributed by atoms with Gasteiger partial charge in [-0.2, -0.15) is 0 Å². The van der Waals surface area contributed by atoms with E-state index in [1.54, 1.807) is 0 Å². The molecular formula is C13H7BrClF4N. The molecule has 0 aromatic heterocycles. The molecule has 0 heterocycles. The third-order valence-electron chi connectivity index (χ3n) is 2.73. The van der Waals surface area contributed by atoms with Gasteiger partial charge in [-0.1, -0.05) is 11.6 Å². The molecule has 2 rings (SSSR count). The zero-order valence-corrected chi connectivity index (χ0v) is 12.1. The maximum Gasteiger partial charge on any atom is 0.134 e. The molecule has 106 valence electrons. The van der Waals surface area contributed by atoms with Gasteiger partial charge in [-0.25, -0.2) is 17.6 Å². The SMILES string of the molecule is NC(c1cc(Cl)c(Br)cc1F)c1c(F)cc(F)cc1F. The lowest BCUT2D eigenvalue weighted by molar-refractivity contribution is 0.509. The summed E-state index contributed by atoms with van der Waals surface area (Å²) in [6.45, 7) is 0. The van der Waals surface area contributed by atoms with Crippen molar-refractivity contribution in [3.8, 4) is 0 Å². The van der Waals surface area contributed by atoms with E-state index in [9.17, 15) is 17.6 Å². The first-order chi connectivity index (χ1) is 9.31. The second-order valence-electron chi connectivity index (χ2n) is 4.05. The maximum absolute atomic E-state index is 13.8. The fourth-order valence-electron chi connectivity index (χ4n) is 1.78. The molecule has 0 aliphatic rings. The molecule has 0 fully saturated rings. The normalized spacial score (nSPS) is 12.6. The number of hydrogen-bond acceptors (Lipinski definition) is 1. The molecule has 1 unspecified atom stereocenters. The van der Waals surface area contributed by atoms with E-state index in [1.807, 2.05) is 0 Å². The van der Waals surface area contributed by atoms with Gasteiger partial charge in [-0.15, -0.1) is 0 Å². The third-order valence-corrected chi connectivity index (χ3v) is 3.93. The highest BCUT2D eigenvalue weighted by Gasteiger charge is 2.23. The van der Waals surface area contributed by atoms with E-state index in [4.69, 9.17) is 17.3 Å². The summed E-state index contributed by atoms with van der Waals surface area (Å²) in [4.78, 5) is 0. The predicted octanol–water partition coefficient (Wildman–Crippen LogP) is 4.71. The van der Waals surface area contributed by atoms with Crippen molar-refractivity contribution in [1.29, 1.82) is 0 Å². The Morgan fingerprint density at radius 2 is 1.50 bits per heavy atom. The molecule has 0 aliphatic heterocycles. The Balaban J connectivity index is 2.57. The minimum absolute atomic E-state index is 0.139. The van der Waals surface area contributed by atoms with Crippen molar-refractivity contribution in [2.45, 2.75) is 6.04 Å². The average molecular weight is 369 g/mol. The van der Waals surface area contributed by atoms with Gasteiger partial charge < -0.3 is 5.73 Å². The fourth-order valence-corrected chi connectivity index (χ4v) is 2.27. The molecule has 20 heavy (non-hydrogen) atoms. The number of benzene rings is 2. The van der Waals surface area contributed by atoms with Crippen LogP contribution in [0.5, 0.6) is 0 Å². The highest BCUT2D eigenvalue weighted by atomic mass is 79.9. The Morgan fingerprint density at radius 3 is 2.05 bits per heavy atom. The third kappa shape index (κ3) is 2.82. The van der Waals surface area contributed by atoms with Gasteiger partial charge in [0.05, 0.1) is 11.1 Å². The lowest BCUT2D eigenvalue weighted by Crippen LogP contribution is -2.17. The molecule has 0 amide bonds. The van der Waals surface area contributed by atoms with Crippen LogP contribution in [-0.2, 0) is 0 Å². The second-order valence-corrected chi connectivity index (χ2v) is 5.31. The van der Waals surface area contributed by atoms with Crippen LogP contribution >= 0.6 is 27.5 Å². The van der Waals surface area contributed by atoms with Crippen LogP contribution in [0.25, 0.3) is 0 Å². The number of hydrogen-bond donors (Lipinski definition) is 1. The molecular weight excluding hydrogens is 361 g/mol. The molecule has 0 spiro atoms. The largest absolute Gasteiger partial charge is 0.320 e. The van der Waals surface area contributed by atoms with Crippen molar-refractivity contribution in [2.75, 3.05) is 0 Å². The van der Waals surface area contributed by atoms with Crippen LogP contribution < -0.4 is 5.73 Å². The second kappa shape index (κ2) is 5.71. The molecule has 1 atom stereocenters. The molecule has 2 N–H and O–H groups in total. The molecule has 0 radical (unpaired) electrons. The van der Waals surface area contributed by atoms with E-state index in [0.717, 1.165) is 12.1 Å². The van der Waals surface area contributed by atoms with Crippen LogP contribution in [-0.4, -0.2) is 0 Å². The maximum atomic E-state index is 13.8. The van der Waals surface area contributed by atoms with Crippen molar-refractivity contribution < 1.29 is 17.6 Å². The van der Waals surface area contributed by atoms with Crippen molar-refractivity contribution >= 4 is 27.5 Å². The van der Waals surface area contributed by atoms with Crippen molar-refractivity contribution in [1.82, 2.24) is 0 Å². The summed E-state index contributed by atoms with van der Waals surface area (Å²) in [5, 5.41) is 0.139. The molecule has 2 aromatic carbocycles. The lowest BCUT2D eigenvalue weighted by atomic mass is 9.98. The first-order valence-electron chi connectivity index (χ1n) is 5.35. The molecule has 2 aromatic rings. The quantitative estimate of drug-likeness (QED) is 0.603. The summed E-state index contributed by atoms with van der Waals surface area (Å²) >= 11 is 8.82. The average Bonchev–Trinajstić information content (AvgIpc) is 2.32. The van der Waals surface area contributed by atoms with Crippen molar-refractivity contribution in [3.05, 3.63) is 68.2 Å². The van der Waals surface area contributed by atoms with Gasteiger partial charge in [0.1, 0.15) is 23.3 Å². The van der Waals surface area contributed by atoms with Gasteiger partial charge in [0, 0.05) is 27.7 Å². The van der Waals surface area contributed by atoms with E-state index in [-0.39, 0.29) is 15.1 Å². The first-order valence-corrected chi connectivity index (χ1v) is 6.52. The van der Waals surface area contributed by atoms with E-state index in [1.165, 1.54) is 0 Å². The Bertz CT molecular complexity index is 655. The van der Waals surface area contributed by atoms with Gasteiger partial charge in [0.25, 0.3) is 0 Å². The Kier molecular flexibility index (Phi) is 4.36. The zero-order chi connectivity index (χ0) is 15.0. The molecule has 7 heteroatoms. The van der Waals surface area contributed by atoms with E-state index in [0.29, 0.717) is 12.1 Å². The minimum Gasteiger partial charge on any atom is -0.320 e. The predicted molar refractivity (Wildman–Crippen MR) is 71.5 cm³/mol. The molecule has 0 saturated heterocycles. The number of nitrogens with two attached hydrogens (primary N) is 1. The Morgan fingerprint density at radius 1 is 0.950 bits per heavy atom. The highest BCUT2D eigenvalue weighted by Crippen LogP contribution is 2.32. The molecule has 0 aliphatic carbocycles. The van der Waals surface area contributed by atoms with Crippen molar-refractivity contribution in [3.63, 3.8) is 0 Å². The van der Waals surface area contributed by atoms with Crippen LogP contribution in [0.4, 0.5) is 17.6 Å². The van der Waals surface area contributed by atoms with E-state index < -0.39 is 34.9 Å². The first kappa shape index (κ1) is 15.3. The monoisotopic (exact) mass is 367 g/mol. The van der Waals surface area contributed by atoms with E-state index in [2.05, 4.69) is 15.9 Å². The smallest absolute Gasteiger partial charge is 0.134 e. The van der Waals surface area contributed by atoms with Gasteiger partial charge in [-0.3, -0.25) is 0 Å². The molecule has 0 saturated carbocycles. The van der Waals surface area contributed by atoms with Crippen LogP contribution in [0.15, 0.2) is 28.7 Å². The lowest BCUT2D eigenvalue weighted by Gasteiger charge is -2.16. The van der Waals surface area contributed by atoms with Crippen LogP contribution in [0, 0.1) is 23.3 Å². The van der Waals surface area contributed by atoms with Crippen LogP contribution in [0.3, 0.4) is 0 Å². The summed E-state index contributed by atoms with van der Waals surface area (Å²) in [5.41, 5.74) is 4.86. The summed E-state index contributed by atoms with van der Waals surface area (Å²) < 4.78 is 54.2. The fraction of sp³-hybridized carbons (Fsp3) is 0.0769. The summed E-state index contributed by atoms with van der Waals surface area (Å²) in [6, 6.07) is 1.72. The molecule has 0 bridgehead atoms. The van der Waals surface area contributed by atoms with Crippen LogP contribution in [0.1, 0.15) is 17.2 Å². The summed E-state index contributed by atoms with van der Waals surface area (Å²) in [5.74, 6) is -4.23. The Labute approximate surface area is 125 Å². The van der Waals surface area contributed by atoms with Gasteiger partial charge in [0.15, 0.2) is 0 Å². The highest BCUT2D eigenvalue weighted by molar-refractivity contribution is 9.10. The number of halogens is 6. The zero-order valence-electron chi connectivity index (χ0n) is 9.73. The number of rotatable bonds is 2. The van der Waals surface area contributed by atoms with Gasteiger partial charge in [-0.05, 0) is 28.1 Å². The summed E-state index contributed by atoms with van der Waals surface area (Å²) in [7, 11) is 0. The topological polar surface area (TPSA) is 26.0 Å². The standard InChI is InChI=1S/C13H7BrClF4N/c14-7-4-9(17)6(3-8(7)15)13(20)12-10(18)1-5(16)2-11(12)19/h1-4,13H,20H2. The van der Waals surface area contributed by atoms with Crippen molar-refractivity contribution in [2.24, 2.45) is 5.73 Å². The van der Waals surface area contributed by atoms with E-state index >= 15 is 0 Å².